The number of rotatable bonds is 3. The van der Waals surface area contributed by atoms with Gasteiger partial charge in [-0.3, -0.25) is 14.5 Å². The second kappa shape index (κ2) is 7.74. The van der Waals surface area contributed by atoms with E-state index in [4.69, 9.17) is 0 Å². The highest BCUT2D eigenvalue weighted by Gasteiger charge is 2.26. The zero-order valence-electron chi connectivity index (χ0n) is 15.4. The minimum absolute atomic E-state index is 0.00775. The maximum absolute atomic E-state index is 12.9. The number of fused-ring (bicyclic) bond motifs is 1. The summed E-state index contributed by atoms with van der Waals surface area (Å²) in [6, 6.07) is 16.0. The van der Waals surface area contributed by atoms with Crippen LogP contribution in [0.25, 0.3) is 0 Å². The topological polar surface area (TPSA) is 52.7 Å². The van der Waals surface area contributed by atoms with Crippen molar-refractivity contribution in [1.82, 2.24) is 9.80 Å². The van der Waals surface area contributed by atoms with Crippen molar-refractivity contribution < 1.29 is 9.59 Å². The summed E-state index contributed by atoms with van der Waals surface area (Å²) < 4.78 is 0. The summed E-state index contributed by atoms with van der Waals surface area (Å²) in [7, 11) is 0. The molecule has 27 heavy (non-hydrogen) atoms. The number of carbonyl (C=O) groups excluding carboxylic acids is 2. The molecule has 0 radical (unpaired) electrons. The monoisotopic (exact) mass is 381 g/mol. The van der Waals surface area contributed by atoms with E-state index in [1.54, 1.807) is 0 Å². The van der Waals surface area contributed by atoms with E-state index in [9.17, 15) is 9.59 Å². The standard InChI is InChI=1S/C21H23N3O2S/c1-15-20(25)22-18-13-17(7-8-19(18)27-15)21(26)24-11-9-23(10-12-24)14-16-5-3-2-4-6-16/h2-8,13,15H,9-12,14H2,1H3,(H,22,25). The fourth-order valence-corrected chi connectivity index (χ4v) is 4.41. The molecule has 140 valence electrons. The Hall–Kier alpha value is -2.31. The van der Waals surface area contributed by atoms with Gasteiger partial charge in [0.1, 0.15) is 0 Å². The third-order valence-corrected chi connectivity index (χ3v) is 6.24. The van der Waals surface area contributed by atoms with Gasteiger partial charge in [0.15, 0.2) is 0 Å². The van der Waals surface area contributed by atoms with Crippen molar-refractivity contribution in [2.75, 3.05) is 31.5 Å². The molecule has 0 aromatic heterocycles. The first-order valence-electron chi connectivity index (χ1n) is 9.27. The third-order valence-electron chi connectivity index (χ3n) is 5.07. The van der Waals surface area contributed by atoms with Crippen LogP contribution in [0.4, 0.5) is 5.69 Å². The van der Waals surface area contributed by atoms with Gasteiger partial charge in [-0.2, -0.15) is 0 Å². The Balaban J connectivity index is 1.38. The van der Waals surface area contributed by atoms with Crippen LogP contribution in [0, 0.1) is 0 Å². The van der Waals surface area contributed by atoms with Gasteiger partial charge in [0.05, 0.1) is 10.9 Å². The maximum atomic E-state index is 12.9. The second-order valence-electron chi connectivity index (χ2n) is 7.01. The molecule has 0 saturated carbocycles. The number of amides is 2. The highest BCUT2D eigenvalue weighted by molar-refractivity contribution is 8.00. The minimum atomic E-state index is -0.100. The van der Waals surface area contributed by atoms with Gasteiger partial charge in [0.2, 0.25) is 5.91 Å². The molecule has 2 aliphatic rings. The number of thioether (sulfide) groups is 1. The third kappa shape index (κ3) is 4.01. The van der Waals surface area contributed by atoms with Crippen LogP contribution in [0.15, 0.2) is 53.4 Å². The molecule has 2 aromatic carbocycles. The van der Waals surface area contributed by atoms with E-state index >= 15 is 0 Å². The first-order valence-corrected chi connectivity index (χ1v) is 10.2. The number of hydrogen-bond donors (Lipinski definition) is 1. The van der Waals surface area contributed by atoms with E-state index < -0.39 is 0 Å². The van der Waals surface area contributed by atoms with Crippen molar-refractivity contribution in [1.29, 1.82) is 0 Å². The molecule has 0 bridgehead atoms. The Kier molecular flexibility index (Phi) is 5.18. The lowest BCUT2D eigenvalue weighted by molar-refractivity contribution is -0.115. The van der Waals surface area contributed by atoms with Gasteiger partial charge in [-0.05, 0) is 30.7 Å². The zero-order chi connectivity index (χ0) is 18.8. The fraction of sp³-hybridized carbons (Fsp3) is 0.333. The summed E-state index contributed by atoms with van der Waals surface area (Å²) in [6.45, 7) is 5.99. The first-order chi connectivity index (χ1) is 13.1. The highest BCUT2D eigenvalue weighted by atomic mass is 32.2. The number of nitrogens with zero attached hydrogens (tertiary/aromatic N) is 2. The lowest BCUT2D eigenvalue weighted by Gasteiger charge is -2.35. The summed E-state index contributed by atoms with van der Waals surface area (Å²) >= 11 is 1.53. The molecular weight excluding hydrogens is 358 g/mol. The van der Waals surface area contributed by atoms with E-state index in [2.05, 4.69) is 34.5 Å². The fourth-order valence-electron chi connectivity index (χ4n) is 3.48. The Morgan fingerprint density at radius 1 is 1.11 bits per heavy atom. The number of nitrogens with one attached hydrogen (secondary N) is 1. The van der Waals surface area contributed by atoms with E-state index in [-0.39, 0.29) is 17.1 Å². The van der Waals surface area contributed by atoms with Crippen molar-refractivity contribution in [2.45, 2.75) is 23.6 Å². The molecule has 0 spiro atoms. The molecule has 1 saturated heterocycles. The highest BCUT2D eigenvalue weighted by Crippen LogP contribution is 2.36. The van der Waals surface area contributed by atoms with Gasteiger partial charge >= 0.3 is 0 Å². The van der Waals surface area contributed by atoms with Crippen molar-refractivity contribution >= 4 is 29.3 Å². The molecule has 1 atom stereocenters. The second-order valence-corrected chi connectivity index (χ2v) is 8.40. The molecule has 1 unspecified atom stereocenters. The molecule has 4 rings (SSSR count). The van der Waals surface area contributed by atoms with Gasteiger partial charge in [-0.15, -0.1) is 11.8 Å². The quantitative estimate of drug-likeness (QED) is 0.888. The molecular formula is C21H23N3O2S. The van der Waals surface area contributed by atoms with Crippen LogP contribution >= 0.6 is 11.8 Å². The minimum Gasteiger partial charge on any atom is -0.336 e. The number of carbonyl (C=O) groups is 2. The summed E-state index contributed by atoms with van der Waals surface area (Å²) in [5, 5.41) is 2.80. The Morgan fingerprint density at radius 3 is 2.59 bits per heavy atom. The van der Waals surface area contributed by atoms with Crippen LogP contribution in [-0.4, -0.2) is 53.0 Å². The summed E-state index contributed by atoms with van der Waals surface area (Å²) in [5.41, 5.74) is 2.69. The van der Waals surface area contributed by atoms with Crippen molar-refractivity contribution in [3.05, 3.63) is 59.7 Å². The Morgan fingerprint density at radius 2 is 1.85 bits per heavy atom. The molecule has 2 aromatic rings. The van der Waals surface area contributed by atoms with Gasteiger partial charge in [-0.25, -0.2) is 0 Å². The van der Waals surface area contributed by atoms with E-state index in [1.165, 1.54) is 17.3 Å². The molecule has 1 N–H and O–H groups in total. The summed E-state index contributed by atoms with van der Waals surface area (Å²) in [6.07, 6.45) is 0. The van der Waals surface area contributed by atoms with E-state index in [0.717, 1.165) is 43.3 Å². The Labute approximate surface area is 163 Å². The molecule has 5 nitrogen and oxygen atoms in total. The van der Waals surface area contributed by atoms with Gasteiger partial charge < -0.3 is 10.2 Å². The molecule has 1 fully saturated rings. The van der Waals surface area contributed by atoms with E-state index in [0.29, 0.717) is 5.56 Å². The normalized spacial score (nSPS) is 20.1. The summed E-state index contributed by atoms with van der Waals surface area (Å²) in [4.78, 5) is 30.1. The van der Waals surface area contributed by atoms with Gasteiger partial charge in [0, 0.05) is 43.2 Å². The van der Waals surface area contributed by atoms with Crippen molar-refractivity contribution in [3.8, 4) is 0 Å². The van der Waals surface area contributed by atoms with Crippen LogP contribution in [0.3, 0.4) is 0 Å². The average molecular weight is 382 g/mol. The number of anilines is 1. The predicted octanol–water partition coefficient (Wildman–Crippen LogP) is 3.08. The lowest BCUT2D eigenvalue weighted by Crippen LogP contribution is -2.48. The number of hydrogen-bond acceptors (Lipinski definition) is 4. The smallest absolute Gasteiger partial charge is 0.254 e. The Bertz CT molecular complexity index is 848. The van der Waals surface area contributed by atoms with E-state index in [1.807, 2.05) is 36.1 Å². The van der Waals surface area contributed by atoms with Crippen LogP contribution in [-0.2, 0) is 11.3 Å². The van der Waals surface area contributed by atoms with Crippen LogP contribution < -0.4 is 5.32 Å². The average Bonchev–Trinajstić information content (AvgIpc) is 2.69. The predicted molar refractivity (Wildman–Crippen MR) is 108 cm³/mol. The van der Waals surface area contributed by atoms with Gasteiger partial charge in [0.25, 0.3) is 5.91 Å². The number of piperazine rings is 1. The van der Waals surface area contributed by atoms with Crippen molar-refractivity contribution in [3.63, 3.8) is 0 Å². The molecule has 2 aliphatic heterocycles. The lowest BCUT2D eigenvalue weighted by atomic mass is 10.1. The molecule has 6 heteroatoms. The van der Waals surface area contributed by atoms with Gasteiger partial charge in [-0.1, -0.05) is 30.3 Å². The largest absolute Gasteiger partial charge is 0.336 e. The number of benzene rings is 2. The van der Waals surface area contributed by atoms with Crippen molar-refractivity contribution in [2.24, 2.45) is 0 Å². The van der Waals surface area contributed by atoms with Crippen LogP contribution in [0.2, 0.25) is 0 Å². The summed E-state index contributed by atoms with van der Waals surface area (Å²) in [5.74, 6) is 0.0293. The van der Waals surface area contributed by atoms with Crippen LogP contribution in [0.5, 0.6) is 0 Å². The maximum Gasteiger partial charge on any atom is 0.254 e. The first kappa shape index (κ1) is 18.1. The zero-order valence-corrected chi connectivity index (χ0v) is 16.2. The molecule has 0 aliphatic carbocycles. The SMILES string of the molecule is CC1Sc2ccc(C(=O)N3CCN(Cc4ccccc4)CC3)cc2NC1=O. The molecule has 2 amide bonds. The molecule has 2 heterocycles. The van der Waals surface area contributed by atoms with Crippen LogP contribution in [0.1, 0.15) is 22.8 Å².